The lowest BCUT2D eigenvalue weighted by atomic mass is 10.1. The van der Waals surface area contributed by atoms with Gasteiger partial charge in [0.05, 0.1) is 17.2 Å². The van der Waals surface area contributed by atoms with Gasteiger partial charge in [0.2, 0.25) is 0 Å². The number of para-hydroxylation sites is 1. The third-order valence-corrected chi connectivity index (χ3v) is 3.43. The standard InChI is InChI=1S/C13H16N2OS/c1-3-8-16-11-7-5-4-6-10(11)12-9(2)15-13(14)17-12/h4-7H,3,8H2,1-2H3,(H2,14,15). The van der Waals surface area contributed by atoms with Crippen molar-refractivity contribution in [2.24, 2.45) is 0 Å². The topological polar surface area (TPSA) is 48.1 Å². The van der Waals surface area contributed by atoms with E-state index in [1.807, 2.05) is 31.2 Å². The summed E-state index contributed by atoms with van der Waals surface area (Å²) >= 11 is 1.50. The molecule has 2 aromatic rings. The molecule has 0 amide bonds. The number of aromatic nitrogens is 1. The Bertz CT molecular complexity index is 508. The maximum absolute atomic E-state index is 5.74. The van der Waals surface area contributed by atoms with Gasteiger partial charge in [0.1, 0.15) is 5.75 Å². The van der Waals surface area contributed by atoms with E-state index in [1.165, 1.54) is 11.3 Å². The fourth-order valence-electron chi connectivity index (χ4n) is 1.66. The van der Waals surface area contributed by atoms with Gasteiger partial charge in [-0.1, -0.05) is 30.4 Å². The fourth-order valence-corrected chi connectivity index (χ4v) is 2.52. The van der Waals surface area contributed by atoms with Gasteiger partial charge in [0, 0.05) is 5.56 Å². The van der Waals surface area contributed by atoms with Crippen molar-refractivity contribution in [1.82, 2.24) is 4.98 Å². The van der Waals surface area contributed by atoms with Crippen molar-refractivity contribution in [3.05, 3.63) is 30.0 Å². The van der Waals surface area contributed by atoms with Gasteiger partial charge in [-0.2, -0.15) is 0 Å². The van der Waals surface area contributed by atoms with Crippen LogP contribution in [-0.2, 0) is 0 Å². The largest absolute Gasteiger partial charge is 0.493 e. The highest BCUT2D eigenvalue weighted by Gasteiger charge is 2.12. The number of rotatable bonds is 4. The molecular weight excluding hydrogens is 232 g/mol. The molecule has 1 aromatic heterocycles. The zero-order valence-corrected chi connectivity index (χ0v) is 10.9. The van der Waals surface area contributed by atoms with Crippen molar-refractivity contribution < 1.29 is 4.74 Å². The van der Waals surface area contributed by atoms with Crippen LogP contribution in [-0.4, -0.2) is 11.6 Å². The summed E-state index contributed by atoms with van der Waals surface area (Å²) in [5.74, 6) is 0.904. The van der Waals surface area contributed by atoms with Crippen LogP contribution in [0.15, 0.2) is 24.3 Å². The third-order valence-electron chi connectivity index (χ3n) is 2.41. The van der Waals surface area contributed by atoms with E-state index in [2.05, 4.69) is 11.9 Å². The third kappa shape index (κ3) is 2.58. The first kappa shape index (κ1) is 11.9. The lowest BCUT2D eigenvalue weighted by Crippen LogP contribution is -1.96. The molecule has 0 radical (unpaired) electrons. The second kappa shape index (κ2) is 5.19. The molecule has 0 aliphatic carbocycles. The Morgan fingerprint density at radius 3 is 2.76 bits per heavy atom. The molecule has 0 unspecified atom stereocenters. The summed E-state index contributed by atoms with van der Waals surface area (Å²) in [6, 6.07) is 8.02. The molecule has 0 bridgehead atoms. The maximum Gasteiger partial charge on any atom is 0.180 e. The van der Waals surface area contributed by atoms with Crippen LogP contribution in [0.4, 0.5) is 5.13 Å². The number of nitrogen functional groups attached to an aromatic ring is 1. The van der Waals surface area contributed by atoms with Crippen molar-refractivity contribution in [2.45, 2.75) is 20.3 Å². The Morgan fingerprint density at radius 1 is 1.35 bits per heavy atom. The molecule has 90 valence electrons. The molecule has 1 heterocycles. The highest BCUT2D eigenvalue weighted by Crippen LogP contribution is 2.37. The summed E-state index contributed by atoms with van der Waals surface area (Å²) in [4.78, 5) is 5.34. The predicted molar refractivity (Wildman–Crippen MR) is 72.5 cm³/mol. The number of thiazole rings is 1. The smallest absolute Gasteiger partial charge is 0.180 e. The van der Waals surface area contributed by atoms with E-state index in [4.69, 9.17) is 10.5 Å². The van der Waals surface area contributed by atoms with E-state index in [9.17, 15) is 0 Å². The van der Waals surface area contributed by atoms with E-state index in [0.717, 1.165) is 34.9 Å². The van der Waals surface area contributed by atoms with E-state index in [-0.39, 0.29) is 0 Å². The summed E-state index contributed by atoms with van der Waals surface area (Å²) in [7, 11) is 0. The van der Waals surface area contributed by atoms with Crippen LogP contribution in [0.25, 0.3) is 10.4 Å². The SMILES string of the molecule is CCCOc1ccccc1-c1sc(N)nc1C. The molecule has 2 rings (SSSR count). The van der Waals surface area contributed by atoms with Gasteiger partial charge in [-0.25, -0.2) is 4.98 Å². The molecule has 0 saturated heterocycles. The first-order valence-electron chi connectivity index (χ1n) is 5.67. The molecular formula is C13H16N2OS. The van der Waals surface area contributed by atoms with Gasteiger partial charge in [0.25, 0.3) is 0 Å². The number of hydrogen-bond acceptors (Lipinski definition) is 4. The minimum atomic E-state index is 0.600. The minimum Gasteiger partial charge on any atom is -0.493 e. The summed E-state index contributed by atoms with van der Waals surface area (Å²) in [5.41, 5.74) is 7.77. The minimum absolute atomic E-state index is 0.600. The van der Waals surface area contributed by atoms with Gasteiger partial charge in [-0.3, -0.25) is 0 Å². The first-order valence-corrected chi connectivity index (χ1v) is 6.49. The van der Waals surface area contributed by atoms with Gasteiger partial charge in [-0.15, -0.1) is 0 Å². The van der Waals surface area contributed by atoms with Crippen LogP contribution in [0.5, 0.6) is 5.75 Å². The Morgan fingerprint density at radius 2 is 2.12 bits per heavy atom. The molecule has 0 atom stereocenters. The van der Waals surface area contributed by atoms with Crippen molar-refractivity contribution in [3.63, 3.8) is 0 Å². The molecule has 0 spiro atoms. The molecule has 0 aliphatic heterocycles. The van der Waals surface area contributed by atoms with Crippen molar-refractivity contribution >= 4 is 16.5 Å². The number of hydrogen-bond donors (Lipinski definition) is 1. The molecule has 1 aromatic carbocycles. The average Bonchev–Trinajstić information content (AvgIpc) is 2.66. The van der Waals surface area contributed by atoms with Gasteiger partial charge in [0.15, 0.2) is 5.13 Å². The number of ether oxygens (including phenoxy) is 1. The second-order valence-electron chi connectivity index (χ2n) is 3.81. The van der Waals surface area contributed by atoms with E-state index in [1.54, 1.807) is 0 Å². The van der Waals surface area contributed by atoms with E-state index >= 15 is 0 Å². The Hall–Kier alpha value is -1.55. The Kier molecular flexibility index (Phi) is 3.64. The number of nitrogens with zero attached hydrogens (tertiary/aromatic N) is 1. The Balaban J connectivity index is 2.40. The lowest BCUT2D eigenvalue weighted by Gasteiger charge is -2.09. The summed E-state index contributed by atoms with van der Waals surface area (Å²) < 4.78 is 5.74. The molecule has 3 nitrogen and oxygen atoms in total. The van der Waals surface area contributed by atoms with Crippen molar-refractivity contribution in [3.8, 4) is 16.2 Å². The quantitative estimate of drug-likeness (QED) is 0.901. The number of aryl methyl sites for hydroxylation is 1. The van der Waals surface area contributed by atoms with Crippen LogP contribution in [0.1, 0.15) is 19.0 Å². The van der Waals surface area contributed by atoms with Crippen LogP contribution in [0.3, 0.4) is 0 Å². The number of nitrogens with two attached hydrogens (primary N) is 1. The van der Waals surface area contributed by atoms with Gasteiger partial charge >= 0.3 is 0 Å². The van der Waals surface area contributed by atoms with Crippen molar-refractivity contribution in [1.29, 1.82) is 0 Å². The van der Waals surface area contributed by atoms with Crippen molar-refractivity contribution in [2.75, 3.05) is 12.3 Å². The van der Waals surface area contributed by atoms with Gasteiger partial charge < -0.3 is 10.5 Å². The zero-order chi connectivity index (χ0) is 12.3. The predicted octanol–water partition coefficient (Wildman–Crippen LogP) is 3.49. The number of anilines is 1. The van der Waals surface area contributed by atoms with Crippen LogP contribution < -0.4 is 10.5 Å². The molecule has 0 aliphatic rings. The normalized spacial score (nSPS) is 10.5. The second-order valence-corrected chi connectivity index (χ2v) is 4.84. The summed E-state index contributed by atoms with van der Waals surface area (Å²) in [6.07, 6.45) is 0.998. The molecule has 0 saturated carbocycles. The van der Waals surface area contributed by atoms with Crippen LogP contribution in [0.2, 0.25) is 0 Å². The summed E-state index contributed by atoms with van der Waals surface area (Å²) in [6.45, 7) is 4.79. The summed E-state index contributed by atoms with van der Waals surface area (Å²) in [5, 5.41) is 0.600. The van der Waals surface area contributed by atoms with Crippen LogP contribution in [0, 0.1) is 6.92 Å². The first-order chi connectivity index (χ1) is 8.22. The highest BCUT2D eigenvalue weighted by molar-refractivity contribution is 7.18. The molecule has 17 heavy (non-hydrogen) atoms. The molecule has 4 heteroatoms. The number of benzene rings is 1. The maximum atomic E-state index is 5.74. The van der Waals surface area contributed by atoms with Crippen LogP contribution >= 0.6 is 11.3 Å². The van der Waals surface area contributed by atoms with E-state index in [0.29, 0.717) is 5.13 Å². The molecule has 2 N–H and O–H groups in total. The van der Waals surface area contributed by atoms with Gasteiger partial charge in [-0.05, 0) is 25.5 Å². The molecule has 0 fully saturated rings. The highest BCUT2D eigenvalue weighted by atomic mass is 32.1. The zero-order valence-electron chi connectivity index (χ0n) is 10.1. The lowest BCUT2D eigenvalue weighted by molar-refractivity contribution is 0.319. The monoisotopic (exact) mass is 248 g/mol. The fraction of sp³-hybridized carbons (Fsp3) is 0.308. The average molecular weight is 248 g/mol. The Labute approximate surface area is 105 Å². The van der Waals surface area contributed by atoms with E-state index < -0.39 is 0 Å².